The van der Waals surface area contributed by atoms with Crippen LogP contribution in [0, 0.1) is 10.1 Å². The summed E-state index contributed by atoms with van der Waals surface area (Å²) >= 11 is 0. The van der Waals surface area contributed by atoms with Crippen molar-refractivity contribution in [1.82, 2.24) is 0 Å². The number of hydrogen-bond donors (Lipinski definition) is 2. The van der Waals surface area contributed by atoms with E-state index in [0.717, 1.165) is 18.9 Å². The Labute approximate surface area is 167 Å². The average molecular weight is 417 g/mol. The zero-order valence-electron chi connectivity index (χ0n) is 15.6. The molecule has 1 aliphatic carbocycles. The Morgan fingerprint density at radius 1 is 1.21 bits per heavy atom. The number of carbonyl (C=O) groups is 1. The number of hydrogen-bond acceptors (Lipinski definition) is 6. The van der Waals surface area contributed by atoms with Crippen LogP contribution in [0.3, 0.4) is 0 Å². The summed E-state index contributed by atoms with van der Waals surface area (Å²) < 4.78 is 33.3. The van der Waals surface area contributed by atoms with Crippen molar-refractivity contribution in [3.8, 4) is 5.75 Å². The maximum Gasteiger partial charge on any atom is 0.295 e. The van der Waals surface area contributed by atoms with E-state index < -0.39 is 20.4 Å². The molecule has 10 heteroatoms. The zero-order chi connectivity index (χ0) is 20.8. The van der Waals surface area contributed by atoms with E-state index in [1.165, 1.54) is 25.3 Å². The van der Waals surface area contributed by atoms with E-state index in [1.807, 2.05) is 0 Å². The minimum Gasteiger partial charge on any atom is -0.495 e. The van der Waals surface area contributed by atoms with Gasteiger partial charge in [-0.2, -0.15) is 0 Å². The number of methoxy groups -OCH3 is 1. The third-order valence-corrected chi connectivity index (χ3v) is 6.99. The third-order valence-electron chi connectivity index (χ3n) is 5.57. The second-order valence-electron chi connectivity index (χ2n) is 7.17. The molecule has 1 heterocycles. The second kappa shape index (κ2) is 6.73. The van der Waals surface area contributed by atoms with Gasteiger partial charge in [0.2, 0.25) is 5.91 Å². The first-order chi connectivity index (χ1) is 13.8. The number of sulfonamides is 1. The summed E-state index contributed by atoms with van der Waals surface area (Å²) in [5.74, 6) is -0.113. The van der Waals surface area contributed by atoms with Crippen molar-refractivity contribution >= 4 is 33.0 Å². The first kappa shape index (κ1) is 19.2. The number of fused-ring (bicyclic) bond motifs is 2. The van der Waals surface area contributed by atoms with E-state index in [1.54, 1.807) is 12.1 Å². The van der Waals surface area contributed by atoms with E-state index >= 15 is 0 Å². The predicted molar refractivity (Wildman–Crippen MR) is 106 cm³/mol. The fraction of sp³-hybridized carbons (Fsp3) is 0.316. The molecule has 0 atom stereocenters. The fourth-order valence-corrected chi connectivity index (χ4v) is 5.43. The smallest absolute Gasteiger partial charge is 0.295 e. The van der Waals surface area contributed by atoms with Crippen LogP contribution < -0.4 is 14.8 Å². The summed E-state index contributed by atoms with van der Waals surface area (Å²) in [5.41, 5.74) is -0.512. The van der Waals surface area contributed by atoms with Crippen LogP contribution in [0.2, 0.25) is 0 Å². The predicted octanol–water partition coefficient (Wildman–Crippen LogP) is 3.17. The highest BCUT2D eigenvalue weighted by atomic mass is 32.2. The van der Waals surface area contributed by atoms with E-state index in [-0.39, 0.29) is 33.6 Å². The lowest BCUT2D eigenvalue weighted by Crippen LogP contribution is -2.31. The maximum absolute atomic E-state index is 12.9. The van der Waals surface area contributed by atoms with Crippen molar-refractivity contribution < 1.29 is 22.9 Å². The number of nitrogens with zero attached hydrogens (tertiary/aromatic N) is 1. The largest absolute Gasteiger partial charge is 0.495 e. The molecule has 9 nitrogen and oxygen atoms in total. The molecule has 0 saturated heterocycles. The van der Waals surface area contributed by atoms with Gasteiger partial charge in [-0.05, 0) is 31.0 Å². The van der Waals surface area contributed by atoms with Crippen LogP contribution in [0.1, 0.15) is 31.2 Å². The van der Waals surface area contributed by atoms with Crippen molar-refractivity contribution in [1.29, 1.82) is 0 Å². The number of rotatable bonds is 5. The zero-order valence-corrected chi connectivity index (χ0v) is 16.4. The number of nitro groups is 1. The molecule has 1 fully saturated rings. The molecule has 1 spiro atoms. The molecule has 1 amide bonds. The van der Waals surface area contributed by atoms with Gasteiger partial charge in [-0.1, -0.05) is 25.0 Å². The average Bonchev–Trinajstić information content (AvgIpc) is 3.28. The molecule has 0 bridgehead atoms. The Bertz CT molecular complexity index is 1120. The van der Waals surface area contributed by atoms with Gasteiger partial charge in [-0.3, -0.25) is 19.6 Å². The molecule has 0 unspecified atom stereocenters. The molecule has 29 heavy (non-hydrogen) atoms. The minimum absolute atomic E-state index is 0.0316. The molecular formula is C19H19N3O6S. The maximum atomic E-state index is 12.9. The Morgan fingerprint density at radius 2 is 1.90 bits per heavy atom. The molecule has 2 aromatic carbocycles. The topological polar surface area (TPSA) is 128 Å². The molecule has 2 N–H and O–H groups in total. The normalized spacial score (nSPS) is 17.1. The number of nitrogens with one attached hydrogen (secondary N) is 2. The Hall–Kier alpha value is -3.14. The van der Waals surface area contributed by atoms with Crippen molar-refractivity contribution in [2.75, 3.05) is 17.1 Å². The van der Waals surface area contributed by atoms with Gasteiger partial charge in [0.15, 0.2) is 0 Å². The van der Waals surface area contributed by atoms with Gasteiger partial charge < -0.3 is 10.1 Å². The van der Waals surface area contributed by atoms with Gasteiger partial charge in [0.1, 0.15) is 16.3 Å². The fourth-order valence-electron chi connectivity index (χ4n) is 4.22. The first-order valence-electron chi connectivity index (χ1n) is 9.09. The van der Waals surface area contributed by atoms with Gasteiger partial charge in [0, 0.05) is 11.6 Å². The number of anilines is 2. The van der Waals surface area contributed by atoms with Gasteiger partial charge in [0.05, 0.1) is 23.1 Å². The lowest BCUT2D eigenvalue weighted by Gasteiger charge is -2.21. The van der Waals surface area contributed by atoms with Crippen LogP contribution in [0.4, 0.5) is 17.1 Å². The van der Waals surface area contributed by atoms with Gasteiger partial charge in [0.25, 0.3) is 15.7 Å². The van der Waals surface area contributed by atoms with Gasteiger partial charge >= 0.3 is 0 Å². The Morgan fingerprint density at radius 3 is 2.55 bits per heavy atom. The highest BCUT2D eigenvalue weighted by molar-refractivity contribution is 7.92. The van der Waals surface area contributed by atoms with Gasteiger partial charge in [-0.15, -0.1) is 0 Å². The number of ether oxygens (including phenoxy) is 1. The summed E-state index contributed by atoms with van der Waals surface area (Å²) in [5, 5.41) is 14.3. The van der Waals surface area contributed by atoms with Crippen molar-refractivity contribution in [3.63, 3.8) is 0 Å². The van der Waals surface area contributed by atoms with Crippen molar-refractivity contribution in [2.45, 2.75) is 36.0 Å². The Kier molecular flexibility index (Phi) is 4.45. The first-order valence-corrected chi connectivity index (χ1v) is 10.6. The molecule has 152 valence electrons. The quantitative estimate of drug-likeness (QED) is 0.568. The number of nitro benzene ring substituents is 1. The molecule has 0 radical (unpaired) electrons. The van der Waals surface area contributed by atoms with Crippen molar-refractivity contribution in [2.24, 2.45) is 0 Å². The number of amides is 1. The van der Waals surface area contributed by atoms with Crippen LogP contribution >= 0.6 is 0 Å². The second-order valence-corrected chi connectivity index (χ2v) is 8.83. The monoisotopic (exact) mass is 417 g/mol. The van der Waals surface area contributed by atoms with Crippen LogP contribution in [-0.2, 0) is 20.2 Å². The van der Waals surface area contributed by atoms with E-state index in [9.17, 15) is 23.3 Å². The molecule has 2 aromatic rings. The number of para-hydroxylation sites is 1. The number of benzene rings is 2. The highest BCUT2D eigenvalue weighted by Crippen LogP contribution is 2.52. The summed E-state index contributed by atoms with van der Waals surface area (Å²) in [6, 6.07) is 8.73. The summed E-state index contributed by atoms with van der Waals surface area (Å²) in [6.45, 7) is 0. The van der Waals surface area contributed by atoms with Crippen LogP contribution in [0.25, 0.3) is 0 Å². The molecule has 0 aromatic heterocycles. The van der Waals surface area contributed by atoms with Gasteiger partial charge in [-0.25, -0.2) is 8.42 Å². The van der Waals surface area contributed by atoms with E-state index in [4.69, 9.17) is 4.74 Å². The lowest BCUT2D eigenvalue weighted by molar-refractivity contribution is -0.383. The van der Waals surface area contributed by atoms with Crippen LogP contribution in [0.5, 0.6) is 5.75 Å². The summed E-state index contributed by atoms with van der Waals surface area (Å²) in [7, 11) is -2.71. The van der Waals surface area contributed by atoms with Crippen molar-refractivity contribution in [3.05, 3.63) is 52.1 Å². The Balaban J connectivity index is 1.82. The van der Waals surface area contributed by atoms with E-state index in [0.29, 0.717) is 18.4 Å². The van der Waals surface area contributed by atoms with E-state index in [2.05, 4.69) is 10.0 Å². The SMILES string of the molecule is COc1ccccc1S(=O)(=O)Nc1cc([N+](=O)[O-])c2c(c1)C1(CCCC1)C(=O)N2. The molecule has 2 aliphatic rings. The van der Waals surface area contributed by atoms with Crippen LogP contribution in [0.15, 0.2) is 41.3 Å². The minimum atomic E-state index is -4.07. The molecule has 1 aliphatic heterocycles. The molecule has 1 saturated carbocycles. The number of carbonyl (C=O) groups excluding carboxylic acids is 1. The highest BCUT2D eigenvalue weighted by Gasteiger charge is 2.51. The third kappa shape index (κ3) is 3.00. The standard InChI is InChI=1S/C19H19N3O6S/c1-28-15-6-2-3-7-16(15)29(26,27)21-12-10-13-17(14(11-12)22(24)25)20-18(23)19(13)8-4-5-9-19/h2-3,6-7,10-11,21H,4-5,8-9H2,1H3,(H,20,23). The lowest BCUT2D eigenvalue weighted by atomic mass is 9.80. The molecule has 4 rings (SSSR count). The summed E-state index contributed by atoms with van der Waals surface area (Å²) in [4.78, 5) is 23.6. The van der Waals surface area contributed by atoms with Crippen LogP contribution in [-0.4, -0.2) is 26.4 Å². The summed E-state index contributed by atoms with van der Waals surface area (Å²) in [6.07, 6.45) is 2.81. The molecular weight excluding hydrogens is 398 g/mol.